The predicted octanol–water partition coefficient (Wildman–Crippen LogP) is 3.66. The standard InChI is InChI=1S/C28H26N2O7S/c1-15-10-18(7-9-22(15)34-2)26(31)19(11-16-12-23(35-3)27(37-5)24(13-16)36-4)25(28(32)33)17-6-8-20-21(14-17)30-38-29-20/h6-10,12-14H,11H2,1-5H3,(H,32,33)/p-1/b25-19-. The van der Waals surface area contributed by atoms with Crippen LogP contribution in [0.4, 0.5) is 0 Å². The summed E-state index contributed by atoms with van der Waals surface area (Å²) in [6, 6.07) is 13.1. The molecular formula is C28H25N2O7S-. The SMILES string of the molecule is COc1ccc(C(=O)/C(Cc2cc(OC)c(OC)c(OC)c2)=C(\C(=O)[O-])c2ccc3nsnc3c2)cc1C. The van der Waals surface area contributed by atoms with Gasteiger partial charge in [0.25, 0.3) is 0 Å². The Morgan fingerprint density at radius 2 is 1.42 bits per heavy atom. The summed E-state index contributed by atoms with van der Waals surface area (Å²) in [6.07, 6.45) is -0.0582. The third kappa shape index (κ3) is 5.16. The molecule has 0 aliphatic carbocycles. The predicted molar refractivity (Wildman–Crippen MR) is 141 cm³/mol. The van der Waals surface area contributed by atoms with E-state index in [0.717, 1.165) is 17.3 Å². The Morgan fingerprint density at radius 1 is 0.789 bits per heavy atom. The van der Waals surface area contributed by atoms with Crippen LogP contribution < -0.4 is 24.1 Å². The molecule has 9 nitrogen and oxygen atoms in total. The van der Waals surface area contributed by atoms with Crippen LogP contribution in [-0.4, -0.2) is 48.9 Å². The third-order valence-corrected chi connectivity index (χ3v) is 6.64. The van der Waals surface area contributed by atoms with E-state index < -0.39 is 11.8 Å². The maximum atomic E-state index is 14.0. The number of Topliss-reactive ketones (excluding diaryl/α,β-unsaturated/α-hetero) is 1. The largest absolute Gasteiger partial charge is 0.545 e. The van der Waals surface area contributed by atoms with Crippen LogP contribution in [0.1, 0.15) is 27.0 Å². The van der Waals surface area contributed by atoms with Crippen LogP contribution in [-0.2, 0) is 11.2 Å². The Bertz CT molecular complexity index is 1530. The molecule has 4 rings (SSSR count). The molecule has 38 heavy (non-hydrogen) atoms. The lowest BCUT2D eigenvalue weighted by molar-refractivity contribution is -0.295. The minimum Gasteiger partial charge on any atom is -0.545 e. The van der Waals surface area contributed by atoms with Gasteiger partial charge in [0.2, 0.25) is 5.75 Å². The number of carboxylic acid groups (broad SMARTS) is 1. The van der Waals surface area contributed by atoms with Gasteiger partial charge in [-0.15, -0.1) is 0 Å². The molecule has 0 saturated carbocycles. The van der Waals surface area contributed by atoms with E-state index in [2.05, 4.69) is 8.75 Å². The van der Waals surface area contributed by atoms with Crippen molar-refractivity contribution in [2.75, 3.05) is 28.4 Å². The van der Waals surface area contributed by atoms with E-state index in [4.69, 9.17) is 18.9 Å². The first-order valence-electron chi connectivity index (χ1n) is 11.5. The summed E-state index contributed by atoms with van der Waals surface area (Å²) < 4.78 is 30.0. The van der Waals surface area contributed by atoms with Gasteiger partial charge in [0.15, 0.2) is 17.3 Å². The first kappa shape index (κ1) is 26.6. The number of fused-ring (bicyclic) bond motifs is 1. The summed E-state index contributed by atoms with van der Waals surface area (Å²) in [5.41, 5.74) is 2.81. The zero-order valence-electron chi connectivity index (χ0n) is 21.5. The smallest absolute Gasteiger partial charge is 0.203 e. The highest BCUT2D eigenvalue weighted by atomic mass is 32.1. The molecule has 196 valence electrons. The third-order valence-electron chi connectivity index (χ3n) is 6.08. The molecule has 4 aromatic rings. The summed E-state index contributed by atoms with van der Waals surface area (Å²) in [6.45, 7) is 1.81. The quantitative estimate of drug-likeness (QED) is 0.222. The second-order valence-electron chi connectivity index (χ2n) is 8.33. The van der Waals surface area contributed by atoms with E-state index >= 15 is 0 Å². The van der Waals surface area contributed by atoms with Crippen molar-refractivity contribution in [3.63, 3.8) is 0 Å². The number of benzene rings is 3. The van der Waals surface area contributed by atoms with Gasteiger partial charge in [0.1, 0.15) is 16.8 Å². The molecule has 0 amide bonds. The van der Waals surface area contributed by atoms with Gasteiger partial charge >= 0.3 is 0 Å². The highest BCUT2D eigenvalue weighted by Gasteiger charge is 2.23. The molecule has 10 heteroatoms. The van der Waals surface area contributed by atoms with Crippen LogP contribution in [0.2, 0.25) is 0 Å². The Morgan fingerprint density at radius 3 is 2.00 bits per heavy atom. The van der Waals surface area contributed by atoms with Crippen molar-refractivity contribution in [2.45, 2.75) is 13.3 Å². The minimum absolute atomic E-state index is 0.0198. The van der Waals surface area contributed by atoms with E-state index in [0.29, 0.717) is 45.2 Å². The van der Waals surface area contributed by atoms with Crippen LogP contribution in [0.3, 0.4) is 0 Å². The fourth-order valence-corrected chi connectivity index (χ4v) is 4.79. The van der Waals surface area contributed by atoms with Crippen LogP contribution in [0.15, 0.2) is 54.1 Å². The van der Waals surface area contributed by atoms with E-state index in [9.17, 15) is 14.7 Å². The van der Waals surface area contributed by atoms with Crippen molar-refractivity contribution >= 4 is 40.1 Å². The fourth-order valence-electron chi connectivity index (χ4n) is 4.27. The molecule has 0 unspecified atom stereocenters. The summed E-state index contributed by atoms with van der Waals surface area (Å²) in [5.74, 6) is -0.229. The Balaban J connectivity index is 1.95. The molecule has 3 aromatic carbocycles. The molecule has 0 aliphatic heterocycles. The average Bonchev–Trinajstić information content (AvgIpc) is 3.39. The average molecular weight is 534 g/mol. The first-order chi connectivity index (χ1) is 18.3. The Hall–Kier alpha value is -4.44. The fraction of sp³-hybridized carbons (Fsp3) is 0.214. The Kier molecular flexibility index (Phi) is 7.92. The number of carbonyl (C=O) groups is 2. The molecule has 0 bridgehead atoms. The number of hydrogen-bond acceptors (Lipinski definition) is 10. The lowest BCUT2D eigenvalue weighted by Gasteiger charge is -2.19. The number of nitrogens with zero attached hydrogens (tertiary/aromatic N) is 2. The number of rotatable bonds is 10. The van der Waals surface area contributed by atoms with Gasteiger partial charge in [0.05, 0.1) is 46.1 Å². The number of allylic oxidation sites excluding steroid dienone is 1. The van der Waals surface area contributed by atoms with E-state index in [1.165, 1.54) is 28.4 Å². The number of carbonyl (C=O) groups excluding carboxylic acids is 2. The first-order valence-corrected chi connectivity index (χ1v) is 12.2. The number of carboxylic acids is 1. The van der Waals surface area contributed by atoms with Crippen LogP contribution in [0.5, 0.6) is 23.0 Å². The molecule has 0 N–H and O–H groups in total. The summed E-state index contributed by atoms with van der Waals surface area (Å²) in [4.78, 5) is 26.6. The molecule has 0 radical (unpaired) electrons. The van der Waals surface area contributed by atoms with Gasteiger partial charge in [-0.1, -0.05) is 6.07 Å². The number of ketones is 1. The second-order valence-corrected chi connectivity index (χ2v) is 8.86. The molecule has 1 heterocycles. The zero-order chi connectivity index (χ0) is 27.4. The van der Waals surface area contributed by atoms with Gasteiger partial charge in [-0.25, -0.2) is 0 Å². The number of hydrogen-bond donors (Lipinski definition) is 0. The molecule has 1 aromatic heterocycles. The van der Waals surface area contributed by atoms with Crippen molar-refractivity contribution in [3.05, 3.63) is 76.4 Å². The topological polar surface area (TPSA) is 120 Å². The number of aliphatic carboxylic acids is 1. The lowest BCUT2D eigenvalue weighted by atomic mass is 9.88. The van der Waals surface area contributed by atoms with Crippen molar-refractivity contribution in [2.24, 2.45) is 0 Å². The van der Waals surface area contributed by atoms with Gasteiger partial charge < -0.3 is 28.8 Å². The summed E-state index contributed by atoms with van der Waals surface area (Å²) in [5, 5.41) is 12.6. The molecule has 0 fully saturated rings. The maximum absolute atomic E-state index is 14.0. The Labute approximate surface area is 223 Å². The van der Waals surface area contributed by atoms with Gasteiger partial charge in [-0.3, -0.25) is 4.79 Å². The molecule has 0 spiro atoms. The normalized spacial score (nSPS) is 11.6. The monoisotopic (exact) mass is 533 g/mol. The van der Waals surface area contributed by atoms with Crippen LogP contribution in [0.25, 0.3) is 16.6 Å². The van der Waals surface area contributed by atoms with Crippen molar-refractivity contribution < 1.29 is 33.6 Å². The number of aryl methyl sites for hydroxylation is 1. The summed E-state index contributed by atoms with van der Waals surface area (Å²) >= 11 is 1.02. The highest BCUT2D eigenvalue weighted by Crippen LogP contribution is 2.39. The van der Waals surface area contributed by atoms with E-state index in [1.54, 1.807) is 55.5 Å². The lowest BCUT2D eigenvalue weighted by Crippen LogP contribution is -2.27. The van der Waals surface area contributed by atoms with E-state index in [-0.39, 0.29) is 23.1 Å². The number of aromatic nitrogens is 2. The molecule has 0 atom stereocenters. The number of ether oxygens (including phenoxy) is 4. The molecule has 0 saturated heterocycles. The van der Waals surface area contributed by atoms with E-state index in [1.807, 2.05) is 0 Å². The maximum Gasteiger partial charge on any atom is 0.203 e. The van der Waals surface area contributed by atoms with Crippen LogP contribution in [0, 0.1) is 6.92 Å². The van der Waals surface area contributed by atoms with Gasteiger partial charge in [-0.05, 0) is 66.1 Å². The molecular weight excluding hydrogens is 508 g/mol. The summed E-state index contributed by atoms with van der Waals surface area (Å²) in [7, 11) is 5.98. The highest BCUT2D eigenvalue weighted by molar-refractivity contribution is 7.00. The van der Waals surface area contributed by atoms with Gasteiger partial charge in [0, 0.05) is 23.1 Å². The second kappa shape index (κ2) is 11.3. The van der Waals surface area contributed by atoms with Crippen molar-refractivity contribution in [1.82, 2.24) is 8.75 Å². The van der Waals surface area contributed by atoms with Crippen LogP contribution >= 0.6 is 11.7 Å². The molecule has 0 aliphatic rings. The van der Waals surface area contributed by atoms with Crippen molar-refractivity contribution in [1.29, 1.82) is 0 Å². The van der Waals surface area contributed by atoms with Crippen molar-refractivity contribution in [3.8, 4) is 23.0 Å². The van der Waals surface area contributed by atoms with Gasteiger partial charge in [-0.2, -0.15) is 8.75 Å². The number of methoxy groups -OCH3 is 4. The zero-order valence-corrected chi connectivity index (χ0v) is 22.3. The minimum atomic E-state index is -1.49.